The molecule has 0 saturated carbocycles. The van der Waals surface area contributed by atoms with Crippen LogP contribution in [0.2, 0.25) is 0 Å². The molecule has 0 bridgehead atoms. The Balaban J connectivity index is 2.29. The number of carbonyl (C=O) groups is 1. The zero-order valence-electron chi connectivity index (χ0n) is 10.6. The Kier molecular flexibility index (Phi) is 2.80. The number of rotatable bonds is 2. The van der Waals surface area contributed by atoms with Crippen LogP contribution in [0, 0.1) is 0 Å². The molecule has 1 amide bonds. The second-order valence-corrected chi connectivity index (χ2v) is 4.34. The molecule has 94 valence electrons. The zero-order valence-corrected chi connectivity index (χ0v) is 10.6. The summed E-state index contributed by atoms with van der Waals surface area (Å²) < 4.78 is 2.04. The standard InChI is InChI=1S/C16H14N2O/c1-17-16(19)13-11-15(12-7-3-2-4-8-12)18-10-6-5-9-14(13)18/h2-11H,1H3,(H,17,19). The molecule has 3 heteroatoms. The first-order valence-corrected chi connectivity index (χ1v) is 6.19. The van der Waals surface area contributed by atoms with E-state index < -0.39 is 0 Å². The first kappa shape index (κ1) is 11.5. The van der Waals surface area contributed by atoms with Crippen LogP contribution in [0.15, 0.2) is 60.8 Å². The van der Waals surface area contributed by atoms with Crippen LogP contribution in [-0.2, 0) is 0 Å². The Labute approximate surface area is 111 Å². The fraction of sp³-hybridized carbons (Fsp3) is 0.0625. The van der Waals surface area contributed by atoms with Crippen LogP contribution in [-0.4, -0.2) is 17.4 Å². The third kappa shape index (κ3) is 1.89. The molecule has 0 aliphatic rings. The van der Waals surface area contributed by atoms with Crippen molar-refractivity contribution in [3.8, 4) is 11.3 Å². The summed E-state index contributed by atoms with van der Waals surface area (Å²) in [4.78, 5) is 11.9. The first-order chi connectivity index (χ1) is 9.31. The number of benzene rings is 1. The smallest absolute Gasteiger partial charge is 0.253 e. The molecule has 19 heavy (non-hydrogen) atoms. The molecule has 2 aromatic heterocycles. The zero-order chi connectivity index (χ0) is 13.2. The minimum atomic E-state index is -0.0640. The predicted molar refractivity (Wildman–Crippen MR) is 76.2 cm³/mol. The Morgan fingerprint density at radius 1 is 1.05 bits per heavy atom. The predicted octanol–water partition coefficient (Wildman–Crippen LogP) is 2.97. The van der Waals surface area contributed by atoms with Crippen LogP contribution in [0.1, 0.15) is 10.4 Å². The lowest BCUT2D eigenvalue weighted by atomic mass is 10.1. The molecule has 0 radical (unpaired) electrons. The fourth-order valence-corrected chi connectivity index (χ4v) is 2.30. The van der Waals surface area contributed by atoms with Gasteiger partial charge in [0.05, 0.1) is 16.8 Å². The van der Waals surface area contributed by atoms with Crippen molar-refractivity contribution in [2.75, 3.05) is 7.05 Å². The maximum absolute atomic E-state index is 11.9. The second-order valence-electron chi connectivity index (χ2n) is 4.34. The Morgan fingerprint density at radius 3 is 2.53 bits per heavy atom. The van der Waals surface area contributed by atoms with Crippen molar-refractivity contribution in [2.24, 2.45) is 0 Å². The Hall–Kier alpha value is -2.55. The average molecular weight is 250 g/mol. The molecule has 0 aliphatic carbocycles. The summed E-state index contributed by atoms with van der Waals surface area (Å²) in [6.45, 7) is 0. The van der Waals surface area contributed by atoms with Gasteiger partial charge < -0.3 is 9.72 Å². The summed E-state index contributed by atoms with van der Waals surface area (Å²) >= 11 is 0. The Bertz CT molecular complexity index is 729. The number of amides is 1. The van der Waals surface area contributed by atoms with Crippen molar-refractivity contribution in [3.05, 3.63) is 66.4 Å². The van der Waals surface area contributed by atoms with E-state index in [1.807, 2.05) is 65.2 Å². The first-order valence-electron chi connectivity index (χ1n) is 6.19. The number of hydrogen-bond acceptors (Lipinski definition) is 1. The number of nitrogens with zero attached hydrogens (tertiary/aromatic N) is 1. The van der Waals surface area contributed by atoms with Gasteiger partial charge in [-0.2, -0.15) is 0 Å². The van der Waals surface area contributed by atoms with Crippen molar-refractivity contribution in [3.63, 3.8) is 0 Å². The van der Waals surface area contributed by atoms with E-state index in [9.17, 15) is 4.79 Å². The second kappa shape index (κ2) is 4.61. The van der Waals surface area contributed by atoms with Gasteiger partial charge in [0, 0.05) is 13.2 Å². The molecule has 1 aromatic carbocycles. The van der Waals surface area contributed by atoms with E-state index in [1.165, 1.54) is 0 Å². The molecular formula is C16H14N2O. The number of nitrogens with one attached hydrogen (secondary N) is 1. The number of aromatic nitrogens is 1. The molecular weight excluding hydrogens is 236 g/mol. The molecule has 3 nitrogen and oxygen atoms in total. The molecule has 0 atom stereocenters. The van der Waals surface area contributed by atoms with E-state index in [0.717, 1.165) is 16.8 Å². The van der Waals surface area contributed by atoms with Crippen molar-refractivity contribution < 1.29 is 4.79 Å². The normalized spacial score (nSPS) is 10.6. The molecule has 0 fully saturated rings. The van der Waals surface area contributed by atoms with E-state index >= 15 is 0 Å². The van der Waals surface area contributed by atoms with Crippen LogP contribution in [0.25, 0.3) is 16.8 Å². The topological polar surface area (TPSA) is 33.5 Å². The van der Waals surface area contributed by atoms with Gasteiger partial charge in [0.1, 0.15) is 0 Å². The van der Waals surface area contributed by atoms with Crippen LogP contribution in [0.4, 0.5) is 0 Å². The summed E-state index contributed by atoms with van der Waals surface area (Å²) in [6.07, 6.45) is 1.98. The maximum atomic E-state index is 11.9. The van der Waals surface area contributed by atoms with Gasteiger partial charge in [0.2, 0.25) is 0 Å². The summed E-state index contributed by atoms with van der Waals surface area (Å²) in [5.74, 6) is -0.0640. The van der Waals surface area contributed by atoms with Gasteiger partial charge in [-0.1, -0.05) is 36.4 Å². The lowest BCUT2D eigenvalue weighted by Gasteiger charge is -2.02. The summed E-state index contributed by atoms with van der Waals surface area (Å²) in [5, 5.41) is 2.69. The van der Waals surface area contributed by atoms with Gasteiger partial charge in [-0.05, 0) is 23.8 Å². The van der Waals surface area contributed by atoms with Crippen molar-refractivity contribution in [1.29, 1.82) is 0 Å². The van der Waals surface area contributed by atoms with Crippen LogP contribution < -0.4 is 5.32 Å². The van der Waals surface area contributed by atoms with Crippen LogP contribution >= 0.6 is 0 Å². The van der Waals surface area contributed by atoms with Gasteiger partial charge in [0.15, 0.2) is 0 Å². The lowest BCUT2D eigenvalue weighted by Crippen LogP contribution is -2.17. The molecule has 3 aromatic rings. The van der Waals surface area contributed by atoms with Crippen LogP contribution in [0.3, 0.4) is 0 Å². The number of hydrogen-bond donors (Lipinski definition) is 1. The van der Waals surface area contributed by atoms with E-state index in [4.69, 9.17) is 0 Å². The fourth-order valence-electron chi connectivity index (χ4n) is 2.30. The molecule has 3 rings (SSSR count). The molecule has 2 heterocycles. The minimum Gasteiger partial charge on any atom is -0.355 e. The highest BCUT2D eigenvalue weighted by molar-refractivity contribution is 6.02. The molecule has 0 unspecified atom stereocenters. The molecule has 0 saturated heterocycles. The molecule has 1 N–H and O–H groups in total. The molecule has 0 aliphatic heterocycles. The SMILES string of the molecule is CNC(=O)c1cc(-c2ccccc2)n2ccccc12. The quantitative estimate of drug-likeness (QED) is 0.745. The average Bonchev–Trinajstić information content (AvgIpc) is 2.87. The number of pyridine rings is 1. The minimum absolute atomic E-state index is 0.0640. The third-order valence-corrected chi connectivity index (χ3v) is 3.22. The summed E-state index contributed by atoms with van der Waals surface area (Å²) in [6, 6.07) is 17.9. The summed E-state index contributed by atoms with van der Waals surface area (Å²) in [5.41, 5.74) is 3.73. The van der Waals surface area contributed by atoms with Gasteiger partial charge in [-0.15, -0.1) is 0 Å². The van der Waals surface area contributed by atoms with E-state index in [-0.39, 0.29) is 5.91 Å². The van der Waals surface area contributed by atoms with E-state index in [2.05, 4.69) is 5.32 Å². The highest BCUT2D eigenvalue weighted by Crippen LogP contribution is 2.25. The van der Waals surface area contributed by atoms with Crippen molar-refractivity contribution in [2.45, 2.75) is 0 Å². The monoisotopic (exact) mass is 250 g/mol. The maximum Gasteiger partial charge on any atom is 0.253 e. The van der Waals surface area contributed by atoms with Gasteiger partial charge in [-0.3, -0.25) is 4.79 Å². The highest BCUT2D eigenvalue weighted by Gasteiger charge is 2.14. The van der Waals surface area contributed by atoms with E-state index in [0.29, 0.717) is 5.56 Å². The van der Waals surface area contributed by atoms with Gasteiger partial charge in [-0.25, -0.2) is 0 Å². The highest BCUT2D eigenvalue weighted by atomic mass is 16.1. The van der Waals surface area contributed by atoms with Gasteiger partial charge >= 0.3 is 0 Å². The Morgan fingerprint density at radius 2 is 1.79 bits per heavy atom. The van der Waals surface area contributed by atoms with Crippen molar-refractivity contribution >= 4 is 11.4 Å². The summed E-state index contributed by atoms with van der Waals surface area (Å²) in [7, 11) is 1.65. The van der Waals surface area contributed by atoms with Crippen LogP contribution in [0.5, 0.6) is 0 Å². The van der Waals surface area contributed by atoms with E-state index in [1.54, 1.807) is 7.05 Å². The van der Waals surface area contributed by atoms with Gasteiger partial charge in [0.25, 0.3) is 5.91 Å². The number of fused-ring (bicyclic) bond motifs is 1. The number of carbonyl (C=O) groups excluding carboxylic acids is 1. The lowest BCUT2D eigenvalue weighted by molar-refractivity contribution is 0.0965. The third-order valence-electron chi connectivity index (χ3n) is 3.22. The molecule has 0 spiro atoms. The largest absolute Gasteiger partial charge is 0.355 e. The van der Waals surface area contributed by atoms with Crippen molar-refractivity contribution in [1.82, 2.24) is 9.72 Å².